The van der Waals surface area contributed by atoms with Gasteiger partial charge in [0.25, 0.3) is 0 Å². The van der Waals surface area contributed by atoms with Gasteiger partial charge in [-0.25, -0.2) is 0 Å². The van der Waals surface area contributed by atoms with Crippen molar-refractivity contribution in [3.8, 4) is 0 Å². The summed E-state index contributed by atoms with van der Waals surface area (Å²) in [5.74, 6) is 2.99. The Balaban J connectivity index is 1.60. The molecule has 8 atom stereocenters. The molecule has 0 spiro atoms. The molecule has 0 bridgehead atoms. The Kier molecular flexibility index (Phi) is 5.73. The van der Waals surface area contributed by atoms with Crippen molar-refractivity contribution in [2.75, 3.05) is 0 Å². The lowest BCUT2D eigenvalue weighted by Gasteiger charge is -2.55. The van der Waals surface area contributed by atoms with Crippen LogP contribution in [0.25, 0.3) is 0 Å². The van der Waals surface area contributed by atoms with Crippen molar-refractivity contribution in [3.05, 3.63) is 47.6 Å². The number of fused-ring (bicyclic) bond motifs is 5. The largest absolute Gasteiger partial charge is 0.390 e. The standard InChI is InChI=1S/C28H42O2/c1-17(2)18(3)7-8-19(4)21-11-12-22-20-9-10-24-26(30)25(29)14-16-28(24,6)23(20)13-15-27(21,22)5/h7-10,17,19,21-23,25-26,29-30H,3,11-16H2,1-2,4-6H3/t19-,21-,22+,23+,25?,26?,27-,28-/m1/s1. The average molecular weight is 411 g/mol. The topological polar surface area (TPSA) is 40.5 Å². The Morgan fingerprint density at radius 2 is 1.77 bits per heavy atom. The molecule has 0 aromatic rings. The maximum absolute atomic E-state index is 10.7. The highest BCUT2D eigenvalue weighted by molar-refractivity contribution is 5.40. The van der Waals surface area contributed by atoms with Crippen LogP contribution in [-0.2, 0) is 0 Å². The Morgan fingerprint density at radius 3 is 2.47 bits per heavy atom. The fourth-order valence-electron chi connectivity index (χ4n) is 7.57. The van der Waals surface area contributed by atoms with Crippen molar-refractivity contribution in [1.82, 2.24) is 0 Å². The van der Waals surface area contributed by atoms with Gasteiger partial charge in [0, 0.05) is 0 Å². The molecule has 30 heavy (non-hydrogen) atoms. The monoisotopic (exact) mass is 410 g/mol. The van der Waals surface area contributed by atoms with Crippen LogP contribution in [-0.4, -0.2) is 22.4 Å². The summed E-state index contributed by atoms with van der Waals surface area (Å²) in [7, 11) is 0. The summed E-state index contributed by atoms with van der Waals surface area (Å²) in [6, 6.07) is 0. The number of hydrogen-bond acceptors (Lipinski definition) is 2. The van der Waals surface area contributed by atoms with Gasteiger partial charge in [0.1, 0.15) is 6.10 Å². The maximum Gasteiger partial charge on any atom is 0.102 e. The number of allylic oxidation sites excluding steroid dienone is 6. The van der Waals surface area contributed by atoms with Crippen molar-refractivity contribution >= 4 is 0 Å². The molecule has 166 valence electrons. The summed E-state index contributed by atoms with van der Waals surface area (Å²) in [6.07, 6.45) is 14.7. The van der Waals surface area contributed by atoms with E-state index in [-0.39, 0.29) is 5.41 Å². The van der Waals surface area contributed by atoms with E-state index < -0.39 is 12.2 Å². The molecule has 2 heteroatoms. The van der Waals surface area contributed by atoms with E-state index in [4.69, 9.17) is 0 Å². The van der Waals surface area contributed by atoms with Gasteiger partial charge in [-0.3, -0.25) is 0 Å². The predicted octanol–water partition coefficient (Wildman–Crippen LogP) is 6.22. The summed E-state index contributed by atoms with van der Waals surface area (Å²) in [4.78, 5) is 0. The lowest BCUT2D eigenvalue weighted by atomic mass is 9.49. The van der Waals surface area contributed by atoms with Crippen LogP contribution in [0, 0.1) is 40.4 Å². The minimum absolute atomic E-state index is 0.0165. The zero-order valence-corrected chi connectivity index (χ0v) is 19.7. The van der Waals surface area contributed by atoms with E-state index in [1.165, 1.54) is 31.3 Å². The van der Waals surface area contributed by atoms with Gasteiger partial charge in [0.05, 0.1) is 6.10 Å². The van der Waals surface area contributed by atoms with Crippen molar-refractivity contribution < 1.29 is 10.2 Å². The molecule has 2 nitrogen and oxygen atoms in total. The third-order valence-electron chi connectivity index (χ3n) is 9.70. The molecule has 2 unspecified atom stereocenters. The maximum atomic E-state index is 10.7. The van der Waals surface area contributed by atoms with Crippen LogP contribution in [0.5, 0.6) is 0 Å². The molecular weight excluding hydrogens is 368 g/mol. The summed E-state index contributed by atoms with van der Waals surface area (Å²) in [6.45, 7) is 16.0. The predicted molar refractivity (Wildman–Crippen MR) is 125 cm³/mol. The van der Waals surface area contributed by atoms with Crippen molar-refractivity contribution in [3.63, 3.8) is 0 Å². The highest BCUT2D eigenvalue weighted by Crippen LogP contribution is 2.66. The second-order valence-electron chi connectivity index (χ2n) is 11.5. The second kappa shape index (κ2) is 7.78. The summed E-state index contributed by atoms with van der Waals surface area (Å²) < 4.78 is 0. The van der Waals surface area contributed by atoms with Gasteiger partial charge in [-0.05, 0) is 84.5 Å². The fraction of sp³-hybridized carbons (Fsp3) is 0.714. The summed E-state index contributed by atoms with van der Waals surface area (Å²) in [5.41, 5.74) is 4.33. The van der Waals surface area contributed by atoms with Crippen molar-refractivity contribution in [1.29, 1.82) is 0 Å². The zero-order chi connectivity index (χ0) is 21.8. The minimum atomic E-state index is -0.689. The zero-order valence-electron chi connectivity index (χ0n) is 19.7. The number of rotatable bonds is 4. The molecule has 0 aromatic heterocycles. The van der Waals surface area contributed by atoms with Gasteiger partial charge in [0.15, 0.2) is 0 Å². The lowest BCUT2D eigenvalue weighted by molar-refractivity contribution is -0.0275. The smallest absolute Gasteiger partial charge is 0.102 e. The van der Waals surface area contributed by atoms with Crippen molar-refractivity contribution in [2.45, 2.75) is 85.4 Å². The third-order valence-corrected chi connectivity index (χ3v) is 9.70. The average Bonchev–Trinajstić information content (AvgIpc) is 3.06. The SMILES string of the molecule is C=C(C=C[C@@H](C)[C@H]1CC[C@H]2C3=CC=C4C(O)C(O)CC[C@]4(C)[C@H]3CC[C@]12C)C(C)C. The first-order valence-electron chi connectivity index (χ1n) is 12.2. The Morgan fingerprint density at radius 1 is 1.03 bits per heavy atom. The molecule has 4 aliphatic rings. The van der Waals surface area contributed by atoms with E-state index >= 15 is 0 Å². The first-order valence-corrected chi connectivity index (χ1v) is 12.2. The molecule has 3 fully saturated rings. The Hall–Kier alpha value is -1.12. The van der Waals surface area contributed by atoms with E-state index in [9.17, 15) is 10.2 Å². The van der Waals surface area contributed by atoms with E-state index in [1.807, 2.05) is 0 Å². The lowest BCUT2D eigenvalue weighted by Crippen LogP contribution is -2.50. The molecule has 2 N–H and O–H groups in total. The molecule has 3 saturated carbocycles. The van der Waals surface area contributed by atoms with E-state index in [2.05, 4.69) is 65.5 Å². The van der Waals surface area contributed by atoms with Gasteiger partial charge < -0.3 is 10.2 Å². The second-order valence-corrected chi connectivity index (χ2v) is 11.5. The summed E-state index contributed by atoms with van der Waals surface area (Å²) in [5, 5.41) is 20.9. The third kappa shape index (κ3) is 3.30. The van der Waals surface area contributed by atoms with Gasteiger partial charge in [-0.1, -0.05) is 76.6 Å². The van der Waals surface area contributed by atoms with E-state index in [0.29, 0.717) is 35.5 Å². The highest BCUT2D eigenvalue weighted by Gasteiger charge is 2.57. The number of hydrogen-bond donors (Lipinski definition) is 2. The van der Waals surface area contributed by atoms with Crippen LogP contribution in [0.15, 0.2) is 47.6 Å². The Labute approximate surface area is 183 Å². The van der Waals surface area contributed by atoms with Crippen LogP contribution < -0.4 is 0 Å². The normalized spacial score (nSPS) is 44.2. The van der Waals surface area contributed by atoms with E-state index in [0.717, 1.165) is 17.9 Å². The fourth-order valence-corrected chi connectivity index (χ4v) is 7.57. The molecule has 0 saturated heterocycles. The molecule has 0 aliphatic heterocycles. The van der Waals surface area contributed by atoms with Gasteiger partial charge in [-0.2, -0.15) is 0 Å². The van der Waals surface area contributed by atoms with Gasteiger partial charge in [0.2, 0.25) is 0 Å². The molecule has 4 rings (SSSR count). The van der Waals surface area contributed by atoms with Crippen LogP contribution in [0.2, 0.25) is 0 Å². The molecule has 0 aromatic carbocycles. The molecule has 4 aliphatic carbocycles. The van der Waals surface area contributed by atoms with E-state index in [1.54, 1.807) is 5.57 Å². The van der Waals surface area contributed by atoms with Gasteiger partial charge in [-0.15, -0.1) is 0 Å². The molecule has 0 radical (unpaired) electrons. The minimum Gasteiger partial charge on any atom is -0.390 e. The van der Waals surface area contributed by atoms with Crippen LogP contribution in [0.1, 0.15) is 73.1 Å². The Bertz CT molecular complexity index is 786. The first-order chi connectivity index (χ1) is 14.1. The number of aliphatic hydroxyl groups is 2. The molecular formula is C28H42O2. The molecule has 0 amide bonds. The van der Waals surface area contributed by atoms with Gasteiger partial charge >= 0.3 is 0 Å². The first kappa shape index (κ1) is 22.1. The number of aliphatic hydroxyl groups excluding tert-OH is 2. The molecule has 0 heterocycles. The summed E-state index contributed by atoms with van der Waals surface area (Å²) >= 11 is 0. The van der Waals surface area contributed by atoms with Crippen molar-refractivity contribution in [2.24, 2.45) is 40.4 Å². The highest BCUT2D eigenvalue weighted by atomic mass is 16.3. The van der Waals surface area contributed by atoms with Crippen LogP contribution in [0.4, 0.5) is 0 Å². The quantitative estimate of drug-likeness (QED) is 0.540. The van der Waals surface area contributed by atoms with Crippen LogP contribution in [0.3, 0.4) is 0 Å². The van der Waals surface area contributed by atoms with Crippen LogP contribution >= 0.6 is 0 Å².